The van der Waals surface area contributed by atoms with Crippen molar-refractivity contribution in [3.05, 3.63) is 107 Å². The Kier molecular flexibility index (Phi) is 15.9. The lowest BCUT2D eigenvalue weighted by Gasteiger charge is -2.20. The topological polar surface area (TPSA) is 166 Å². The second-order valence-electron chi connectivity index (χ2n) is 16.7. The molecule has 7 atom stereocenters. The smallest absolute Gasteiger partial charge is 0.253 e. The molecule has 5 N–H and O–H groups in total. The summed E-state index contributed by atoms with van der Waals surface area (Å²) in [5.41, 5.74) is 2.87. The number of rotatable bonds is 22. The van der Waals surface area contributed by atoms with Gasteiger partial charge < -0.3 is 31.5 Å². The van der Waals surface area contributed by atoms with Gasteiger partial charge in [-0.3, -0.25) is 28.8 Å². The van der Waals surface area contributed by atoms with Gasteiger partial charge in [0.15, 0.2) is 0 Å². The second kappa shape index (κ2) is 21.7. The number of carbonyl (C=O) groups excluding carboxylic acids is 6. The van der Waals surface area contributed by atoms with E-state index in [2.05, 4.69) is 64.7 Å². The van der Waals surface area contributed by atoms with E-state index in [1.165, 1.54) is 12.1 Å². The minimum Gasteiger partial charge on any atom is -0.354 e. The quantitative estimate of drug-likeness (QED) is 0.0829. The number of unbranched alkanes of at least 4 members (excludes halogenated alkanes) is 6. The Bertz CT molecular complexity index is 1850. The van der Waals surface area contributed by atoms with Crippen molar-refractivity contribution in [3.63, 3.8) is 0 Å². The van der Waals surface area contributed by atoms with E-state index in [4.69, 9.17) is 0 Å². The van der Waals surface area contributed by atoms with Crippen LogP contribution in [0, 0.1) is 11.8 Å². The van der Waals surface area contributed by atoms with Gasteiger partial charge in [0.05, 0.1) is 11.8 Å². The number of nitrogens with zero attached hydrogens (tertiary/aromatic N) is 1. The molecule has 60 heavy (non-hydrogen) atoms. The summed E-state index contributed by atoms with van der Waals surface area (Å²) in [6.07, 6.45) is 9.76. The second-order valence-corrected chi connectivity index (χ2v) is 16.7. The van der Waals surface area contributed by atoms with Gasteiger partial charge in [0.2, 0.25) is 23.6 Å². The third kappa shape index (κ3) is 12.3. The molecule has 12 heteroatoms. The van der Waals surface area contributed by atoms with Crippen LogP contribution in [0.5, 0.6) is 0 Å². The van der Waals surface area contributed by atoms with Crippen LogP contribution in [-0.4, -0.2) is 84.6 Å². The van der Waals surface area contributed by atoms with Gasteiger partial charge in [-0.25, -0.2) is 0 Å². The van der Waals surface area contributed by atoms with E-state index in [9.17, 15) is 28.8 Å². The van der Waals surface area contributed by atoms with Gasteiger partial charge in [0.25, 0.3) is 11.8 Å². The van der Waals surface area contributed by atoms with Crippen molar-refractivity contribution in [2.45, 2.75) is 114 Å². The molecule has 3 aromatic rings. The minimum atomic E-state index is -0.988. The Labute approximate surface area is 354 Å². The number of hydrogen-bond acceptors (Lipinski definition) is 6. The first-order valence-corrected chi connectivity index (χ1v) is 22.1. The summed E-state index contributed by atoms with van der Waals surface area (Å²) in [5, 5.41) is 14.8. The average molecular weight is 819 g/mol. The number of carbonyl (C=O) groups is 6. The van der Waals surface area contributed by atoms with Crippen molar-refractivity contribution in [3.8, 4) is 0 Å². The lowest BCUT2D eigenvalue weighted by atomic mass is 9.94. The molecular formula is C48H62N6O6. The maximum atomic E-state index is 14.0. The van der Waals surface area contributed by atoms with Gasteiger partial charge in [-0.2, -0.15) is 0 Å². The van der Waals surface area contributed by atoms with Gasteiger partial charge in [-0.15, -0.1) is 0 Å². The first-order chi connectivity index (χ1) is 29.2. The van der Waals surface area contributed by atoms with Crippen molar-refractivity contribution >= 4 is 35.4 Å². The molecule has 3 aliphatic rings. The van der Waals surface area contributed by atoms with Crippen molar-refractivity contribution in [1.29, 1.82) is 0 Å². The van der Waals surface area contributed by atoms with Crippen LogP contribution >= 0.6 is 0 Å². The molecule has 0 radical (unpaired) electrons. The Morgan fingerprint density at radius 3 is 1.67 bits per heavy atom. The number of benzene rings is 3. The summed E-state index contributed by atoms with van der Waals surface area (Å²) in [7, 11) is 0. The van der Waals surface area contributed by atoms with Crippen molar-refractivity contribution in [1.82, 2.24) is 31.5 Å². The highest BCUT2D eigenvalue weighted by Gasteiger charge is 2.49. The van der Waals surface area contributed by atoms with Gasteiger partial charge >= 0.3 is 0 Å². The lowest BCUT2D eigenvalue weighted by molar-refractivity contribution is -0.133. The predicted octanol–water partition coefficient (Wildman–Crippen LogP) is 5.60. The number of likely N-dealkylation sites (tertiary alicyclic amines) is 1. The Balaban J connectivity index is 1.08. The molecule has 1 saturated heterocycles. The fourth-order valence-corrected chi connectivity index (χ4v) is 8.23. The van der Waals surface area contributed by atoms with Crippen LogP contribution in [-0.2, 0) is 19.2 Å². The van der Waals surface area contributed by atoms with Crippen LogP contribution < -0.4 is 26.6 Å². The summed E-state index contributed by atoms with van der Waals surface area (Å²) in [6, 6.07) is 25.2. The molecule has 3 fully saturated rings. The lowest BCUT2D eigenvalue weighted by Crippen LogP contribution is -2.52. The van der Waals surface area contributed by atoms with Crippen LogP contribution in [0.1, 0.15) is 128 Å². The summed E-state index contributed by atoms with van der Waals surface area (Å²) >= 11 is 0. The zero-order valence-corrected chi connectivity index (χ0v) is 35.1. The predicted molar refractivity (Wildman–Crippen MR) is 231 cm³/mol. The Hall–Kier alpha value is -5.52. The average Bonchev–Trinajstić information content (AvgIpc) is 4.18. The molecule has 0 unspecified atom stereocenters. The molecule has 12 nitrogen and oxygen atoms in total. The van der Waals surface area contributed by atoms with Crippen molar-refractivity contribution in [2.24, 2.45) is 11.8 Å². The summed E-state index contributed by atoms with van der Waals surface area (Å²) in [6.45, 7) is 4.81. The maximum absolute atomic E-state index is 14.0. The Morgan fingerprint density at radius 2 is 1.13 bits per heavy atom. The van der Waals surface area contributed by atoms with Crippen LogP contribution in [0.2, 0.25) is 0 Å². The van der Waals surface area contributed by atoms with E-state index in [0.717, 1.165) is 75.3 Å². The molecule has 1 heterocycles. The maximum Gasteiger partial charge on any atom is 0.253 e. The highest BCUT2D eigenvalue weighted by Crippen LogP contribution is 2.42. The van der Waals surface area contributed by atoms with Crippen LogP contribution in [0.4, 0.5) is 0 Å². The highest BCUT2D eigenvalue weighted by molar-refractivity contribution is 6.00. The summed E-state index contributed by atoms with van der Waals surface area (Å²) in [4.78, 5) is 82.5. The molecule has 2 aliphatic carbocycles. The highest BCUT2D eigenvalue weighted by atomic mass is 16.2. The van der Waals surface area contributed by atoms with Crippen molar-refractivity contribution in [2.75, 3.05) is 26.2 Å². The normalized spacial score (nSPS) is 21.9. The summed E-state index contributed by atoms with van der Waals surface area (Å²) < 4.78 is 0. The molecule has 6 amide bonds. The van der Waals surface area contributed by atoms with Gasteiger partial charge in [-0.1, -0.05) is 113 Å². The zero-order valence-electron chi connectivity index (χ0n) is 35.1. The van der Waals surface area contributed by atoms with Gasteiger partial charge in [-0.05, 0) is 61.1 Å². The first-order valence-electron chi connectivity index (χ1n) is 22.1. The van der Waals surface area contributed by atoms with E-state index in [1.54, 1.807) is 17.0 Å². The third-order valence-corrected chi connectivity index (χ3v) is 12.1. The molecule has 1 aliphatic heterocycles. The van der Waals surface area contributed by atoms with Gasteiger partial charge in [0, 0.05) is 67.6 Å². The van der Waals surface area contributed by atoms with Crippen LogP contribution in [0.15, 0.2) is 84.9 Å². The molecule has 0 spiro atoms. The van der Waals surface area contributed by atoms with E-state index in [-0.39, 0.29) is 78.7 Å². The molecule has 0 bridgehead atoms. The van der Waals surface area contributed by atoms with E-state index >= 15 is 0 Å². The molecule has 3 aromatic carbocycles. The molecule has 320 valence electrons. The largest absolute Gasteiger partial charge is 0.354 e. The van der Waals surface area contributed by atoms with Crippen LogP contribution in [0.3, 0.4) is 0 Å². The van der Waals surface area contributed by atoms with Crippen molar-refractivity contribution < 1.29 is 28.8 Å². The summed E-state index contributed by atoms with van der Waals surface area (Å²) in [5.74, 6) is -2.89. The van der Waals surface area contributed by atoms with E-state index < -0.39 is 23.8 Å². The Morgan fingerprint density at radius 1 is 0.617 bits per heavy atom. The first kappa shape index (κ1) is 44.0. The number of nitrogens with one attached hydrogen (secondary N) is 5. The number of amides is 6. The zero-order chi connectivity index (χ0) is 42.4. The van der Waals surface area contributed by atoms with Gasteiger partial charge in [0.1, 0.15) is 6.04 Å². The van der Waals surface area contributed by atoms with E-state index in [0.29, 0.717) is 18.5 Å². The molecule has 2 saturated carbocycles. The fraction of sp³-hybridized carbons (Fsp3) is 0.500. The standard InChI is InChI=1S/C48H62N6O6/c1-3-5-7-15-21-43(55)50-29-42(47(59)49-26-16-8-6-4-2)53-44(56)34-22-24-35(25-23-34)48(60)54-30-38(45(57)51-40-27-36(40)32-17-11-9-12-18-32)39(31-54)46(58)52-41-28-37(41)33-19-13-10-14-20-33/h9-14,17-20,22-25,36-42H,3-8,15-16,21,26-31H2,1-2H3,(H,49,59)(H,50,55)(H,51,57)(H,52,58)(H,53,56)/t36-,37-,38-,39-,40+,41+,42-/m1/s1. The molecule has 6 rings (SSSR count). The van der Waals surface area contributed by atoms with Crippen LogP contribution in [0.25, 0.3) is 0 Å². The SMILES string of the molecule is CCCCCCNC(=O)[C@@H](CNC(=O)CCCCCC)NC(=O)c1ccc(C(=O)N2C[C@@H](C(=O)N[C@H]3C[C@@H]3c3ccccc3)[C@H](C(=O)N[C@H]3C[C@@H]3c3ccccc3)C2)cc1. The minimum absolute atomic E-state index is 0.0266. The van der Waals surface area contributed by atoms with E-state index in [1.807, 2.05) is 36.4 Å². The molecule has 0 aromatic heterocycles. The molecular weight excluding hydrogens is 757 g/mol. The third-order valence-electron chi connectivity index (χ3n) is 12.1. The monoisotopic (exact) mass is 818 g/mol. The fourth-order valence-electron chi connectivity index (χ4n) is 8.23. The number of hydrogen-bond donors (Lipinski definition) is 5.